The lowest BCUT2D eigenvalue weighted by Crippen LogP contribution is -2.56. The van der Waals surface area contributed by atoms with Crippen LogP contribution in [0.5, 0.6) is 5.75 Å². The average Bonchev–Trinajstić information content (AvgIpc) is 3.12. The highest BCUT2D eigenvalue weighted by Crippen LogP contribution is 2.34. The normalized spacial score (nSPS) is 25.1. The van der Waals surface area contributed by atoms with Gasteiger partial charge in [0.1, 0.15) is 5.75 Å². The zero-order valence-electron chi connectivity index (χ0n) is 16.3. The molecule has 1 aromatic carbocycles. The average molecular weight is 385 g/mol. The third kappa shape index (κ3) is 3.84. The Bertz CT molecular complexity index is 803. The largest absolute Gasteiger partial charge is 0.467 e. The lowest BCUT2D eigenvalue weighted by atomic mass is 9.99. The van der Waals surface area contributed by atoms with Gasteiger partial charge in [-0.3, -0.25) is 14.4 Å². The SMILES string of the molecule is Cc1ccc2c(c1)C(=O)NC1(CCC(=O)N(CC(=O)NC3CCCC3)CC1)O2. The van der Waals surface area contributed by atoms with Gasteiger partial charge < -0.3 is 20.3 Å². The van der Waals surface area contributed by atoms with Gasteiger partial charge in [0.05, 0.1) is 12.1 Å². The summed E-state index contributed by atoms with van der Waals surface area (Å²) < 4.78 is 6.16. The predicted molar refractivity (Wildman–Crippen MR) is 103 cm³/mol. The third-order valence-corrected chi connectivity index (χ3v) is 5.96. The number of rotatable bonds is 3. The smallest absolute Gasteiger partial charge is 0.258 e. The Morgan fingerprint density at radius 2 is 2.07 bits per heavy atom. The van der Waals surface area contributed by atoms with Crippen LogP contribution in [0.15, 0.2) is 18.2 Å². The van der Waals surface area contributed by atoms with Gasteiger partial charge in [0, 0.05) is 31.8 Å². The number of carbonyl (C=O) groups is 3. The van der Waals surface area contributed by atoms with Gasteiger partial charge in [-0.25, -0.2) is 0 Å². The fourth-order valence-electron chi connectivity index (χ4n) is 4.36. The second kappa shape index (κ2) is 7.45. The van der Waals surface area contributed by atoms with Gasteiger partial charge in [0.2, 0.25) is 11.8 Å². The lowest BCUT2D eigenvalue weighted by Gasteiger charge is -2.38. The minimum absolute atomic E-state index is 0.0646. The number of aryl methyl sites for hydroxylation is 1. The van der Waals surface area contributed by atoms with Crippen LogP contribution in [0.3, 0.4) is 0 Å². The van der Waals surface area contributed by atoms with Gasteiger partial charge in [-0.1, -0.05) is 24.5 Å². The highest BCUT2D eigenvalue weighted by molar-refractivity contribution is 5.98. The van der Waals surface area contributed by atoms with E-state index in [-0.39, 0.29) is 36.7 Å². The molecular formula is C21H27N3O4. The highest BCUT2D eigenvalue weighted by atomic mass is 16.5. The van der Waals surface area contributed by atoms with Crippen molar-refractivity contribution in [1.29, 1.82) is 0 Å². The van der Waals surface area contributed by atoms with E-state index in [1.807, 2.05) is 19.1 Å². The van der Waals surface area contributed by atoms with Crippen molar-refractivity contribution in [2.75, 3.05) is 13.1 Å². The number of benzene rings is 1. The van der Waals surface area contributed by atoms with E-state index >= 15 is 0 Å². The van der Waals surface area contributed by atoms with Crippen molar-refractivity contribution in [3.05, 3.63) is 29.3 Å². The molecule has 1 unspecified atom stereocenters. The molecule has 1 saturated carbocycles. The Morgan fingerprint density at radius 3 is 2.86 bits per heavy atom. The first-order chi connectivity index (χ1) is 13.4. The summed E-state index contributed by atoms with van der Waals surface area (Å²) in [5.41, 5.74) is 0.615. The molecule has 2 fully saturated rings. The maximum Gasteiger partial charge on any atom is 0.258 e. The van der Waals surface area contributed by atoms with Gasteiger partial charge in [-0.05, 0) is 31.9 Å². The Kier molecular flexibility index (Phi) is 5.00. The first-order valence-electron chi connectivity index (χ1n) is 10.1. The zero-order valence-corrected chi connectivity index (χ0v) is 16.3. The Labute approximate surface area is 164 Å². The summed E-state index contributed by atoms with van der Waals surface area (Å²) in [5, 5.41) is 6.00. The van der Waals surface area contributed by atoms with Crippen LogP contribution in [-0.4, -0.2) is 47.5 Å². The summed E-state index contributed by atoms with van der Waals surface area (Å²) in [6, 6.07) is 5.76. The molecule has 1 saturated heterocycles. The lowest BCUT2D eigenvalue weighted by molar-refractivity contribution is -0.135. The van der Waals surface area contributed by atoms with Crippen molar-refractivity contribution in [1.82, 2.24) is 15.5 Å². The minimum atomic E-state index is -0.897. The maximum atomic E-state index is 12.6. The van der Waals surface area contributed by atoms with Crippen LogP contribution < -0.4 is 15.4 Å². The van der Waals surface area contributed by atoms with Crippen LogP contribution in [-0.2, 0) is 9.59 Å². The molecule has 2 N–H and O–H groups in total. The number of carbonyl (C=O) groups excluding carboxylic acids is 3. The molecule has 0 bridgehead atoms. The van der Waals surface area contributed by atoms with Gasteiger partial charge in [-0.2, -0.15) is 0 Å². The third-order valence-electron chi connectivity index (χ3n) is 5.96. The second-order valence-electron chi connectivity index (χ2n) is 8.16. The highest BCUT2D eigenvalue weighted by Gasteiger charge is 2.42. The van der Waals surface area contributed by atoms with Crippen LogP contribution in [0.4, 0.5) is 0 Å². The molecule has 3 aliphatic rings. The maximum absolute atomic E-state index is 12.6. The molecule has 7 nitrogen and oxygen atoms in total. The van der Waals surface area contributed by atoms with E-state index in [0.29, 0.717) is 30.7 Å². The van der Waals surface area contributed by atoms with Crippen LogP contribution in [0.1, 0.15) is 60.9 Å². The standard InChI is InChI=1S/C21H27N3O4/c1-14-6-7-17-16(12-14)20(27)23-21(28-17)9-8-19(26)24(11-10-21)13-18(25)22-15-4-2-3-5-15/h6-7,12,15H,2-5,8-11,13H2,1H3,(H,22,25)(H,23,27). The van der Waals surface area contributed by atoms with E-state index in [1.54, 1.807) is 11.0 Å². The van der Waals surface area contributed by atoms with Crippen molar-refractivity contribution >= 4 is 17.7 Å². The van der Waals surface area contributed by atoms with E-state index in [4.69, 9.17) is 4.74 Å². The molecule has 1 spiro atoms. The molecular weight excluding hydrogens is 358 g/mol. The Hall–Kier alpha value is -2.57. The number of amides is 3. The van der Waals surface area contributed by atoms with Crippen molar-refractivity contribution in [2.24, 2.45) is 0 Å². The molecule has 2 heterocycles. The van der Waals surface area contributed by atoms with Crippen LogP contribution in [0.2, 0.25) is 0 Å². The molecule has 7 heteroatoms. The molecule has 1 aromatic rings. The van der Waals surface area contributed by atoms with E-state index in [9.17, 15) is 14.4 Å². The van der Waals surface area contributed by atoms with E-state index in [2.05, 4.69) is 10.6 Å². The van der Waals surface area contributed by atoms with Crippen molar-refractivity contribution in [2.45, 2.75) is 63.6 Å². The summed E-state index contributed by atoms with van der Waals surface area (Å²) in [6.45, 7) is 2.37. The molecule has 0 radical (unpaired) electrons. The quantitative estimate of drug-likeness (QED) is 0.832. The summed E-state index contributed by atoms with van der Waals surface area (Å²) in [6.07, 6.45) is 5.41. The van der Waals surface area contributed by atoms with Gasteiger partial charge in [-0.15, -0.1) is 0 Å². The predicted octanol–water partition coefficient (Wildman–Crippen LogP) is 1.88. The first-order valence-corrected chi connectivity index (χ1v) is 10.1. The monoisotopic (exact) mass is 385 g/mol. The topological polar surface area (TPSA) is 87.7 Å². The van der Waals surface area contributed by atoms with Gasteiger partial charge in [0.15, 0.2) is 5.72 Å². The fraction of sp³-hybridized carbons (Fsp3) is 0.571. The fourth-order valence-corrected chi connectivity index (χ4v) is 4.36. The van der Waals surface area contributed by atoms with Crippen molar-refractivity contribution in [3.63, 3.8) is 0 Å². The molecule has 2 aliphatic heterocycles. The van der Waals surface area contributed by atoms with E-state index in [1.165, 1.54) is 0 Å². The molecule has 1 aliphatic carbocycles. The number of ether oxygens (including phenoxy) is 1. The number of hydrogen-bond acceptors (Lipinski definition) is 4. The summed E-state index contributed by atoms with van der Waals surface area (Å²) in [5.74, 6) is 0.190. The zero-order chi connectivity index (χ0) is 19.7. The number of nitrogens with zero attached hydrogens (tertiary/aromatic N) is 1. The number of hydrogen-bond donors (Lipinski definition) is 2. The van der Waals surface area contributed by atoms with Crippen molar-refractivity contribution in [3.8, 4) is 5.75 Å². The Morgan fingerprint density at radius 1 is 1.29 bits per heavy atom. The van der Waals surface area contributed by atoms with Gasteiger partial charge >= 0.3 is 0 Å². The van der Waals surface area contributed by atoms with E-state index < -0.39 is 5.72 Å². The first kappa shape index (κ1) is 18.8. The molecule has 0 aromatic heterocycles. The summed E-state index contributed by atoms with van der Waals surface area (Å²) in [4.78, 5) is 39.1. The molecule has 3 amide bonds. The number of fused-ring (bicyclic) bond motifs is 1. The number of likely N-dealkylation sites (tertiary alicyclic amines) is 1. The molecule has 28 heavy (non-hydrogen) atoms. The second-order valence-corrected chi connectivity index (χ2v) is 8.16. The van der Waals surface area contributed by atoms with Crippen LogP contribution in [0, 0.1) is 6.92 Å². The van der Waals surface area contributed by atoms with Crippen LogP contribution >= 0.6 is 0 Å². The molecule has 4 rings (SSSR count). The van der Waals surface area contributed by atoms with Crippen molar-refractivity contribution < 1.29 is 19.1 Å². The summed E-state index contributed by atoms with van der Waals surface area (Å²) in [7, 11) is 0. The van der Waals surface area contributed by atoms with E-state index in [0.717, 1.165) is 31.2 Å². The van der Waals surface area contributed by atoms with Gasteiger partial charge in [0.25, 0.3) is 5.91 Å². The minimum Gasteiger partial charge on any atom is -0.467 e. The van der Waals surface area contributed by atoms with Crippen LogP contribution in [0.25, 0.3) is 0 Å². The Balaban J connectivity index is 1.42. The summed E-state index contributed by atoms with van der Waals surface area (Å²) >= 11 is 0. The number of nitrogens with one attached hydrogen (secondary N) is 2. The molecule has 150 valence electrons. The molecule has 1 atom stereocenters.